The molecule has 166 valence electrons. The Labute approximate surface area is 186 Å². The van der Waals surface area contributed by atoms with Crippen molar-refractivity contribution in [3.63, 3.8) is 0 Å². The average molecular weight is 448 g/mol. The zero-order valence-corrected chi connectivity index (χ0v) is 18.5. The summed E-state index contributed by atoms with van der Waals surface area (Å²) in [7, 11) is 1.77. The summed E-state index contributed by atoms with van der Waals surface area (Å²) in [6.45, 7) is 5.53. The van der Waals surface area contributed by atoms with Crippen LogP contribution in [-0.2, 0) is 11.3 Å². The van der Waals surface area contributed by atoms with E-state index in [0.29, 0.717) is 41.8 Å². The molecule has 0 bridgehead atoms. The standard InChI is InChI=1S/C22H26ClN3O5/c1-14(2)22(15-4-7-19-20(11-15)31-9-8-30-19)24-21(27)13-25(3)12-16-10-17(26(28)29)5-6-18(16)23/h4-7,10-11,14,22H,8-9,12-13H2,1-3H3,(H,24,27). The van der Waals surface area contributed by atoms with Gasteiger partial charge in [0.25, 0.3) is 5.69 Å². The van der Waals surface area contributed by atoms with Crippen molar-refractivity contribution in [2.45, 2.75) is 26.4 Å². The van der Waals surface area contributed by atoms with Crippen LogP contribution in [0.1, 0.15) is 31.0 Å². The molecule has 1 heterocycles. The monoisotopic (exact) mass is 447 g/mol. The number of non-ortho nitro benzene ring substituents is 1. The molecule has 1 unspecified atom stereocenters. The Morgan fingerprint density at radius 3 is 2.58 bits per heavy atom. The van der Waals surface area contributed by atoms with E-state index >= 15 is 0 Å². The molecule has 2 aromatic carbocycles. The van der Waals surface area contributed by atoms with Crippen LogP contribution in [0.2, 0.25) is 5.02 Å². The van der Waals surface area contributed by atoms with Gasteiger partial charge in [-0.15, -0.1) is 0 Å². The first-order chi connectivity index (χ1) is 14.7. The van der Waals surface area contributed by atoms with Gasteiger partial charge in [-0.3, -0.25) is 19.8 Å². The molecule has 1 aliphatic heterocycles. The SMILES string of the molecule is CC(C)C(NC(=O)CN(C)Cc1cc([N+](=O)[O-])ccc1Cl)c1ccc2c(c1)OCCO2. The molecule has 0 spiro atoms. The van der Waals surface area contributed by atoms with Crippen molar-refractivity contribution < 1.29 is 19.2 Å². The fraction of sp³-hybridized carbons (Fsp3) is 0.409. The number of nitrogens with zero attached hydrogens (tertiary/aromatic N) is 2. The normalized spacial score (nSPS) is 13.9. The second-order valence-electron chi connectivity index (χ2n) is 7.90. The Morgan fingerprint density at radius 2 is 1.90 bits per heavy atom. The van der Waals surface area contributed by atoms with Gasteiger partial charge in [0.1, 0.15) is 13.2 Å². The van der Waals surface area contributed by atoms with Crippen molar-refractivity contribution in [3.8, 4) is 11.5 Å². The molecule has 0 saturated carbocycles. The largest absolute Gasteiger partial charge is 0.486 e. The number of fused-ring (bicyclic) bond motifs is 1. The van der Waals surface area contributed by atoms with Crippen molar-refractivity contribution in [3.05, 3.63) is 62.7 Å². The maximum Gasteiger partial charge on any atom is 0.269 e. The highest BCUT2D eigenvalue weighted by molar-refractivity contribution is 6.31. The predicted octanol–water partition coefficient (Wildman–Crippen LogP) is 3.96. The van der Waals surface area contributed by atoms with Crippen LogP contribution >= 0.6 is 11.6 Å². The number of nitro groups is 1. The third-order valence-corrected chi connectivity index (χ3v) is 5.37. The van der Waals surface area contributed by atoms with Crippen LogP contribution in [0.4, 0.5) is 5.69 Å². The summed E-state index contributed by atoms with van der Waals surface area (Å²) in [6, 6.07) is 9.80. The molecule has 31 heavy (non-hydrogen) atoms. The zero-order chi connectivity index (χ0) is 22.5. The first kappa shape index (κ1) is 22.8. The number of halogens is 1. The number of carbonyl (C=O) groups is 1. The highest BCUT2D eigenvalue weighted by Gasteiger charge is 2.22. The van der Waals surface area contributed by atoms with E-state index in [9.17, 15) is 14.9 Å². The minimum absolute atomic E-state index is 0.0317. The third-order valence-electron chi connectivity index (χ3n) is 5.00. The number of rotatable bonds is 8. The van der Waals surface area contributed by atoms with Gasteiger partial charge < -0.3 is 14.8 Å². The molecule has 1 aliphatic rings. The number of hydrogen-bond donors (Lipinski definition) is 1. The maximum atomic E-state index is 12.7. The Hall–Kier alpha value is -2.84. The van der Waals surface area contributed by atoms with Crippen molar-refractivity contribution in [2.24, 2.45) is 5.92 Å². The lowest BCUT2D eigenvalue weighted by Gasteiger charge is -2.26. The molecule has 1 N–H and O–H groups in total. The third kappa shape index (κ3) is 5.86. The first-order valence-electron chi connectivity index (χ1n) is 10.0. The van der Waals surface area contributed by atoms with Gasteiger partial charge in [0, 0.05) is 23.7 Å². The number of carbonyl (C=O) groups excluding carboxylic acids is 1. The minimum Gasteiger partial charge on any atom is -0.486 e. The molecule has 1 amide bonds. The summed E-state index contributed by atoms with van der Waals surface area (Å²) in [4.78, 5) is 25.0. The number of hydrogen-bond acceptors (Lipinski definition) is 6. The van der Waals surface area contributed by atoms with Crippen LogP contribution in [0.3, 0.4) is 0 Å². The molecule has 8 nitrogen and oxygen atoms in total. The quantitative estimate of drug-likeness (QED) is 0.486. The summed E-state index contributed by atoms with van der Waals surface area (Å²) in [6.07, 6.45) is 0. The summed E-state index contributed by atoms with van der Waals surface area (Å²) >= 11 is 6.17. The molecule has 0 aliphatic carbocycles. The van der Waals surface area contributed by atoms with Crippen molar-refractivity contribution in [2.75, 3.05) is 26.8 Å². The molecular weight excluding hydrogens is 422 g/mol. The van der Waals surface area contributed by atoms with Crippen molar-refractivity contribution >= 4 is 23.2 Å². The highest BCUT2D eigenvalue weighted by atomic mass is 35.5. The van der Waals surface area contributed by atoms with E-state index in [1.807, 2.05) is 32.0 Å². The van der Waals surface area contributed by atoms with Gasteiger partial charge in [0.05, 0.1) is 17.5 Å². The first-order valence-corrected chi connectivity index (χ1v) is 10.4. The lowest BCUT2D eigenvalue weighted by Crippen LogP contribution is -2.38. The Kier molecular flexibility index (Phi) is 7.35. The van der Waals surface area contributed by atoms with Gasteiger partial charge in [0.15, 0.2) is 11.5 Å². The molecular formula is C22H26ClN3O5. The number of amides is 1. The average Bonchev–Trinajstić information content (AvgIpc) is 2.72. The summed E-state index contributed by atoms with van der Waals surface area (Å²) in [5, 5.41) is 14.5. The molecule has 9 heteroatoms. The molecule has 0 fully saturated rings. The number of nitrogens with one attached hydrogen (secondary N) is 1. The van der Waals surface area contributed by atoms with Crippen LogP contribution < -0.4 is 14.8 Å². The number of likely N-dealkylation sites (N-methyl/N-ethyl adjacent to an activating group) is 1. The van der Waals surface area contributed by atoms with E-state index in [1.165, 1.54) is 18.2 Å². The maximum absolute atomic E-state index is 12.7. The second-order valence-corrected chi connectivity index (χ2v) is 8.30. The van der Waals surface area contributed by atoms with Crippen LogP contribution in [0, 0.1) is 16.0 Å². The molecule has 1 atom stereocenters. The second kappa shape index (κ2) is 9.98. The predicted molar refractivity (Wildman–Crippen MR) is 118 cm³/mol. The molecule has 2 aromatic rings. The zero-order valence-electron chi connectivity index (χ0n) is 17.8. The van der Waals surface area contributed by atoms with E-state index in [-0.39, 0.29) is 30.1 Å². The van der Waals surface area contributed by atoms with Crippen LogP contribution in [0.25, 0.3) is 0 Å². The van der Waals surface area contributed by atoms with Gasteiger partial charge in [-0.2, -0.15) is 0 Å². The van der Waals surface area contributed by atoms with E-state index in [4.69, 9.17) is 21.1 Å². The van der Waals surface area contributed by atoms with Crippen LogP contribution in [0.15, 0.2) is 36.4 Å². The van der Waals surface area contributed by atoms with Gasteiger partial charge >= 0.3 is 0 Å². The van der Waals surface area contributed by atoms with Crippen LogP contribution in [0.5, 0.6) is 11.5 Å². The molecule has 0 aromatic heterocycles. The Morgan fingerprint density at radius 1 is 1.19 bits per heavy atom. The molecule has 3 rings (SSSR count). The van der Waals surface area contributed by atoms with Crippen LogP contribution in [-0.4, -0.2) is 42.5 Å². The van der Waals surface area contributed by atoms with E-state index in [2.05, 4.69) is 5.32 Å². The van der Waals surface area contributed by atoms with Gasteiger partial charge in [-0.05, 0) is 42.3 Å². The summed E-state index contributed by atoms with van der Waals surface area (Å²) in [5.74, 6) is 1.39. The Balaban J connectivity index is 1.65. The fourth-order valence-electron chi connectivity index (χ4n) is 3.50. The number of nitro benzene ring substituents is 1. The van der Waals surface area contributed by atoms with Gasteiger partial charge in [-0.1, -0.05) is 31.5 Å². The smallest absolute Gasteiger partial charge is 0.269 e. The number of benzene rings is 2. The van der Waals surface area contributed by atoms with Gasteiger partial charge in [0.2, 0.25) is 5.91 Å². The summed E-state index contributed by atoms with van der Waals surface area (Å²) < 4.78 is 11.2. The Bertz CT molecular complexity index is 966. The molecule has 0 saturated heterocycles. The number of ether oxygens (including phenoxy) is 2. The minimum atomic E-state index is -0.465. The summed E-state index contributed by atoms with van der Waals surface area (Å²) in [5.41, 5.74) is 1.51. The van der Waals surface area contributed by atoms with Crippen molar-refractivity contribution in [1.82, 2.24) is 10.2 Å². The van der Waals surface area contributed by atoms with Gasteiger partial charge in [-0.25, -0.2) is 0 Å². The lowest BCUT2D eigenvalue weighted by atomic mass is 9.95. The van der Waals surface area contributed by atoms with Crippen molar-refractivity contribution in [1.29, 1.82) is 0 Å². The van der Waals surface area contributed by atoms with E-state index < -0.39 is 4.92 Å². The van der Waals surface area contributed by atoms with E-state index in [0.717, 1.165) is 5.56 Å². The van der Waals surface area contributed by atoms with E-state index in [1.54, 1.807) is 11.9 Å². The fourth-order valence-corrected chi connectivity index (χ4v) is 3.67. The highest BCUT2D eigenvalue weighted by Crippen LogP contribution is 2.34. The lowest BCUT2D eigenvalue weighted by molar-refractivity contribution is -0.384. The molecule has 0 radical (unpaired) electrons. The topological polar surface area (TPSA) is 93.9 Å².